The third kappa shape index (κ3) is 2.42. The Kier molecular flexibility index (Phi) is 3.18. The number of benzene rings is 1. The summed E-state index contributed by atoms with van der Waals surface area (Å²) in [6.07, 6.45) is 0.864. The van der Waals surface area contributed by atoms with Crippen molar-refractivity contribution >= 4 is 17.3 Å². The van der Waals surface area contributed by atoms with E-state index in [0.29, 0.717) is 17.4 Å². The molecule has 2 rings (SSSR count). The molecule has 1 aromatic rings. The van der Waals surface area contributed by atoms with Gasteiger partial charge >= 0.3 is 0 Å². The molecular weight excluding hydrogens is 236 g/mol. The van der Waals surface area contributed by atoms with Crippen LogP contribution in [0, 0.1) is 22.0 Å². The highest BCUT2D eigenvalue weighted by Crippen LogP contribution is 2.39. The molecule has 1 fully saturated rings. The lowest BCUT2D eigenvalue weighted by atomic mass is 10.2. The van der Waals surface area contributed by atoms with Crippen LogP contribution in [0.1, 0.15) is 13.3 Å². The fraction of sp³-hybridized carbons (Fsp3) is 0.417. The first-order valence-electron chi connectivity index (χ1n) is 5.66. The Morgan fingerprint density at radius 1 is 1.56 bits per heavy atom. The van der Waals surface area contributed by atoms with Crippen molar-refractivity contribution in [3.63, 3.8) is 0 Å². The van der Waals surface area contributed by atoms with Crippen LogP contribution in [0.3, 0.4) is 0 Å². The smallest absolute Gasteiger partial charge is 0.271 e. The van der Waals surface area contributed by atoms with E-state index in [-0.39, 0.29) is 17.5 Å². The van der Waals surface area contributed by atoms with Gasteiger partial charge in [-0.25, -0.2) is 0 Å². The van der Waals surface area contributed by atoms with Crippen LogP contribution in [-0.2, 0) is 4.79 Å². The molecule has 6 nitrogen and oxygen atoms in total. The third-order valence-corrected chi connectivity index (χ3v) is 3.10. The Labute approximate surface area is 104 Å². The van der Waals surface area contributed by atoms with Crippen LogP contribution >= 0.6 is 0 Å². The Morgan fingerprint density at radius 2 is 2.22 bits per heavy atom. The molecule has 96 valence electrons. The van der Waals surface area contributed by atoms with Gasteiger partial charge in [-0.05, 0) is 18.4 Å². The highest BCUT2D eigenvalue weighted by Gasteiger charge is 2.39. The second kappa shape index (κ2) is 4.64. The number of anilines is 1. The van der Waals surface area contributed by atoms with Crippen molar-refractivity contribution in [1.82, 2.24) is 0 Å². The second-order valence-electron chi connectivity index (χ2n) is 4.45. The minimum atomic E-state index is -0.505. The van der Waals surface area contributed by atoms with E-state index in [1.54, 1.807) is 0 Å². The average Bonchev–Trinajstić information content (AvgIpc) is 3.06. The van der Waals surface area contributed by atoms with Gasteiger partial charge in [-0.2, -0.15) is 0 Å². The normalized spacial score (nSPS) is 21.2. The van der Waals surface area contributed by atoms with E-state index in [9.17, 15) is 14.9 Å². The van der Waals surface area contributed by atoms with Crippen LogP contribution < -0.4 is 10.1 Å². The van der Waals surface area contributed by atoms with E-state index < -0.39 is 4.92 Å². The standard InChI is InChI=1S/C12H14N2O4/c1-7-5-9(7)12(15)13-10-6-8(14(16)17)3-4-11(10)18-2/h3-4,6-7,9H,5H2,1-2H3,(H,13,15)/t7-,9-/m1/s1. The van der Waals surface area contributed by atoms with Crippen LogP contribution in [0.15, 0.2) is 18.2 Å². The van der Waals surface area contributed by atoms with Crippen molar-refractivity contribution < 1.29 is 14.5 Å². The molecule has 1 aliphatic rings. The van der Waals surface area contributed by atoms with E-state index in [2.05, 4.69) is 5.32 Å². The van der Waals surface area contributed by atoms with Gasteiger partial charge < -0.3 is 10.1 Å². The number of nitro groups is 1. The summed E-state index contributed by atoms with van der Waals surface area (Å²) in [5.74, 6) is 0.701. The molecule has 0 spiro atoms. The number of carbonyl (C=O) groups excluding carboxylic acids is 1. The number of nitro benzene ring substituents is 1. The van der Waals surface area contributed by atoms with Gasteiger partial charge in [0.15, 0.2) is 0 Å². The summed E-state index contributed by atoms with van der Waals surface area (Å²) in [4.78, 5) is 22.0. The third-order valence-electron chi connectivity index (χ3n) is 3.10. The molecule has 1 aliphatic carbocycles. The number of ether oxygens (including phenoxy) is 1. The van der Waals surface area contributed by atoms with Crippen molar-refractivity contribution in [2.45, 2.75) is 13.3 Å². The van der Waals surface area contributed by atoms with Crippen molar-refractivity contribution in [3.05, 3.63) is 28.3 Å². The number of hydrogen-bond acceptors (Lipinski definition) is 4. The SMILES string of the molecule is COc1ccc([N+](=O)[O-])cc1NC(=O)[C@@H]1C[C@H]1C. The van der Waals surface area contributed by atoms with Crippen molar-refractivity contribution in [1.29, 1.82) is 0 Å². The first-order chi connectivity index (χ1) is 8.52. The minimum Gasteiger partial charge on any atom is -0.495 e. The molecule has 0 unspecified atom stereocenters. The van der Waals surface area contributed by atoms with Crippen LogP contribution in [0.25, 0.3) is 0 Å². The number of nitrogens with one attached hydrogen (secondary N) is 1. The molecule has 1 N–H and O–H groups in total. The zero-order chi connectivity index (χ0) is 13.3. The summed E-state index contributed by atoms with van der Waals surface area (Å²) in [7, 11) is 1.45. The Hall–Kier alpha value is -2.11. The van der Waals surface area contributed by atoms with E-state index in [1.807, 2.05) is 6.92 Å². The minimum absolute atomic E-state index is 0.00830. The molecule has 0 bridgehead atoms. The quantitative estimate of drug-likeness (QED) is 0.656. The molecule has 0 saturated heterocycles. The van der Waals surface area contributed by atoms with Crippen molar-refractivity contribution in [2.24, 2.45) is 11.8 Å². The lowest BCUT2D eigenvalue weighted by molar-refractivity contribution is -0.384. The highest BCUT2D eigenvalue weighted by atomic mass is 16.6. The van der Waals surface area contributed by atoms with E-state index in [1.165, 1.54) is 25.3 Å². The molecule has 0 aliphatic heterocycles. The van der Waals surface area contributed by atoms with Crippen LogP contribution in [0.4, 0.5) is 11.4 Å². The first kappa shape index (κ1) is 12.3. The van der Waals surface area contributed by atoms with Gasteiger partial charge in [-0.1, -0.05) is 6.92 Å². The maximum atomic E-state index is 11.8. The van der Waals surface area contributed by atoms with Gasteiger partial charge in [0.25, 0.3) is 5.69 Å². The first-order valence-corrected chi connectivity index (χ1v) is 5.66. The van der Waals surface area contributed by atoms with Gasteiger partial charge in [0, 0.05) is 18.1 Å². The maximum absolute atomic E-state index is 11.8. The van der Waals surface area contributed by atoms with Crippen LogP contribution in [0.2, 0.25) is 0 Å². The van der Waals surface area contributed by atoms with Crippen LogP contribution in [-0.4, -0.2) is 17.9 Å². The molecule has 1 saturated carbocycles. The van der Waals surface area contributed by atoms with Crippen molar-refractivity contribution in [3.8, 4) is 5.75 Å². The molecule has 6 heteroatoms. The molecule has 18 heavy (non-hydrogen) atoms. The predicted molar refractivity (Wildman–Crippen MR) is 65.5 cm³/mol. The Bertz CT molecular complexity index is 501. The number of amides is 1. The summed E-state index contributed by atoms with van der Waals surface area (Å²) in [5.41, 5.74) is 0.269. The largest absolute Gasteiger partial charge is 0.495 e. The average molecular weight is 250 g/mol. The van der Waals surface area contributed by atoms with E-state index in [0.717, 1.165) is 6.42 Å². The summed E-state index contributed by atoms with van der Waals surface area (Å²) in [6.45, 7) is 1.99. The zero-order valence-electron chi connectivity index (χ0n) is 10.2. The second-order valence-corrected chi connectivity index (χ2v) is 4.45. The summed E-state index contributed by atoms with van der Waals surface area (Å²) < 4.78 is 5.07. The number of non-ortho nitro benzene ring substituents is 1. The summed E-state index contributed by atoms with van der Waals surface area (Å²) in [5, 5.41) is 13.4. The predicted octanol–water partition coefficient (Wildman–Crippen LogP) is 2.20. The fourth-order valence-corrected chi connectivity index (χ4v) is 1.82. The lowest BCUT2D eigenvalue weighted by Gasteiger charge is -2.09. The molecule has 0 aromatic heterocycles. The number of methoxy groups -OCH3 is 1. The van der Waals surface area contributed by atoms with Gasteiger partial charge in [0.2, 0.25) is 5.91 Å². The van der Waals surface area contributed by atoms with Gasteiger partial charge in [-0.3, -0.25) is 14.9 Å². The molecule has 1 amide bonds. The number of nitrogens with zero attached hydrogens (tertiary/aromatic N) is 1. The monoisotopic (exact) mass is 250 g/mol. The molecule has 1 aromatic carbocycles. The lowest BCUT2D eigenvalue weighted by Crippen LogP contribution is -2.15. The van der Waals surface area contributed by atoms with E-state index >= 15 is 0 Å². The topological polar surface area (TPSA) is 81.5 Å². The molecule has 0 radical (unpaired) electrons. The van der Waals surface area contributed by atoms with E-state index in [4.69, 9.17) is 4.74 Å². The maximum Gasteiger partial charge on any atom is 0.271 e. The fourth-order valence-electron chi connectivity index (χ4n) is 1.82. The zero-order valence-corrected chi connectivity index (χ0v) is 10.2. The van der Waals surface area contributed by atoms with Gasteiger partial charge in [0.1, 0.15) is 5.75 Å². The Balaban J connectivity index is 2.21. The molecule has 2 atom stereocenters. The molecular formula is C12H14N2O4. The number of rotatable bonds is 4. The summed E-state index contributed by atoms with van der Waals surface area (Å²) >= 11 is 0. The Morgan fingerprint density at radius 3 is 2.72 bits per heavy atom. The number of hydrogen-bond donors (Lipinski definition) is 1. The van der Waals surface area contributed by atoms with Gasteiger partial charge in [0.05, 0.1) is 17.7 Å². The molecule has 0 heterocycles. The van der Waals surface area contributed by atoms with Gasteiger partial charge in [-0.15, -0.1) is 0 Å². The number of carbonyl (C=O) groups is 1. The van der Waals surface area contributed by atoms with Crippen LogP contribution in [0.5, 0.6) is 5.75 Å². The highest BCUT2D eigenvalue weighted by molar-refractivity contribution is 5.96. The van der Waals surface area contributed by atoms with Crippen molar-refractivity contribution in [2.75, 3.05) is 12.4 Å². The summed E-state index contributed by atoms with van der Waals surface area (Å²) in [6, 6.07) is 4.13.